The molecule has 7 nitrogen and oxygen atoms in total. The minimum Gasteiger partial charge on any atom is -0.297 e. The average molecular weight is 271 g/mol. The zero-order valence-corrected chi connectivity index (χ0v) is 11.1. The summed E-state index contributed by atoms with van der Waals surface area (Å²) in [5.41, 5.74) is 1.41. The number of ketones is 2. The summed E-state index contributed by atoms with van der Waals surface area (Å²) in [7, 11) is 0. The summed E-state index contributed by atoms with van der Waals surface area (Å²) in [5, 5.41) is 14.2. The highest BCUT2D eigenvalue weighted by atomic mass is 16.2. The van der Waals surface area contributed by atoms with E-state index >= 15 is 0 Å². The lowest BCUT2D eigenvalue weighted by molar-refractivity contribution is -0.126. The van der Waals surface area contributed by atoms with Crippen LogP contribution >= 0.6 is 0 Å². The van der Waals surface area contributed by atoms with E-state index in [9.17, 15) is 9.59 Å². The fraction of sp³-hybridized carbons (Fsp3) is 0.231. The monoisotopic (exact) mass is 271 g/mol. The Morgan fingerprint density at radius 2 is 1.80 bits per heavy atom. The first kappa shape index (κ1) is 13.7. The van der Waals surface area contributed by atoms with E-state index in [0.717, 1.165) is 5.56 Å². The molecule has 1 N–H and O–H groups in total. The Morgan fingerprint density at radius 3 is 2.30 bits per heavy atom. The summed E-state index contributed by atoms with van der Waals surface area (Å²) in [4.78, 5) is 26.5. The zero-order chi connectivity index (χ0) is 14.5. The third kappa shape index (κ3) is 3.19. The van der Waals surface area contributed by atoms with Crippen molar-refractivity contribution in [1.82, 2.24) is 15.2 Å². The molecule has 2 aromatic rings. The quantitative estimate of drug-likeness (QED) is 0.664. The summed E-state index contributed by atoms with van der Waals surface area (Å²) in [6.07, 6.45) is 1.42. The molecule has 1 heterocycles. The molecule has 0 aliphatic heterocycles. The molecule has 0 atom stereocenters. The molecule has 0 amide bonds. The number of benzene rings is 1. The van der Waals surface area contributed by atoms with E-state index in [0.29, 0.717) is 11.5 Å². The molecular formula is C13H13N5O2. The first-order valence-corrected chi connectivity index (χ1v) is 5.95. The Bertz CT molecular complexity index is 617. The average Bonchev–Trinajstić information content (AvgIpc) is 2.92. The lowest BCUT2D eigenvalue weighted by Gasteiger charge is -2.02. The number of H-pyrrole nitrogens is 1. The maximum Gasteiger partial charge on any atom is 0.187 e. The molecular weight excluding hydrogens is 258 g/mol. The fourth-order valence-electron chi connectivity index (χ4n) is 1.60. The second kappa shape index (κ2) is 5.96. The molecule has 0 spiro atoms. The van der Waals surface area contributed by atoms with E-state index in [-0.39, 0.29) is 11.6 Å². The van der Waals surface area contributed by atoms with E-state index in [1.165, 1.54) is 20.2 Å². The van der Waals surface area contributed by atoms with Gasteiger partial charge in [-0.15, -0.1) is 0 Å². The summed E-state index contributed by atoms with van der Waals surface area (Å²) < 4.78 is 0. The van der Waals surface area contributed by atoms with Crippen LogP contribution in [0, 0.1) is 0 Å². The topological polar surface area (TPSA) is 100 Å². The molecule has 0 bridgehead atoms. The van der Waals surface area contributed by atoms with Crippen molar-refractivity contribution < 1.29 is 9.59 Å². The molecule has 7 heteroatoms. The van der Waals surface area contributed by atoms with Gasteiger partial charge in [-0.3, -0.25) is 14.7 Å². The number of carbonyl (C=O) groups is 2. The number of hydrogen-bond acceptors (Lipinski definition) is 6. The number of azo groups is 1. The molecule has 0 fully saturated rings. The van der Waals surface area contributed by atoms with Crippen LogP contribution < -0.4 is 0 Å². The van der Waals surface area contributed by atoms with E-state index in [4.69, 9.17) is 0 Å². The molecule has 20 heavy (non-hydrogen) atoms. The minimum absolute atomic E-state index is 0.320. The fourth-order valence-corrected chi connectivity index (χ4v) is 1.60. The number of Topliss-reactive ketones (excluding diaryl/α,β-unsaturated/α-hetero) is 2. The van der Waals surface area contributed by atoms with Crippen LogP contribution in [0.2, 0.25) is 0 Å². The van der Waals surface area contributed by atoms with Gasteiger partial charge in [0.05, 0.1) is 5.69 Å². The molecule has 102 valence electrons. The predicted octanol–water partition coefficient (Wildman–Crippen LogP) is 2.10. The van der Waals surface area contributed by atoms with Crippen molar-refractivity contribution in [1.29, 1.82) is 0 Å². The van der Waals surface area contributed by atoms with Gasteiger partial charge in [0.15, 0.2) is 23.4 Å². The lowest BCUT2D eigenvalue weighted by Crippen LogP contribution is -2.23. The molecule has 0 radical (unpaired) electrons. The molecule has 2 rings (SSSR count). The van der Waals surface area contributed by atoms with Crippen LogP contribution in [0.15, 0.2) is 40.8 Å². The van der Waals surface area contributed by atoms with E-state index in [1.807, 2.05) is 0 Å². The van der Waals surface area contributed by atoms with Gasteiger partial charge < -0.3 is 0 Å². The largest absolute Gasteiger partial charge is 0.297 e. The second-order valence-corrected chi connectivity index (χ2v) is 4.22. The number of hydrogen-bond donors (Lipinski definition) is 1. The first-order chi connectivity index (χ1) is 9.58. The van der Waals surface area contributed by atoms with E-state index < -0.39 is 6.04 Å². The number of nitrogens with one attached hydrogen (secondary N) is 1. The second-order valence-electron chi connectivity index (χ2n) is 4.22. The minimum atomic E-state index is -1.02. The molecule has 0 aliphatic rings. The van der Waals surface area contributed by atoms with Crippen molar-refractivity contribution in [3.63, 3.8) is 0 Å². The number of aromatic amines is 1. The molecule has 0 unspecified atom stereocenters. The van der Waals surface area contributed by atoms with Gasteiger partial charge in [-0.25, -0.2) is 4.98 Å². The Balaban J connectivity index is 2.14. The first-order valence-electron chi connectivity index (χ1n) is 5.95. The van der Waals surface area contributed by atoms with Gasteiger partial charge in [0.2, 0.25) is 0 Å². The summed E-state index contributed by atoms with van der Waals surface area (Å²) in [6, 6.07) is 6.01. The van der Waals surface area contributed by atoms with Crippen molar-refractivity contribution in [3.8, 4) is 11.4 Å². The summed E-state index contributed by atoms with van der Waals surface area (Å²) >= 11 is 0. The Labute approximate surface area is 115 Å². The highest BCUT2D eigenvalue weighted by Gasteiger charge is 2.18. The molecule has 0 aliphatic carbocycles. The summed E-state index contributed by atoms with van der Waals surface area (Å²) in [5.74, 6) is 0.0119. The maximum atomic E-state index is 11.2. The summed E-state index contributed by atoms with van der Waals surface area (Å²) in [6.45, 7) is 2.64. The normalized spacial score (nSPS) is 11.2. The molecule has 1 aromatic carbocycles. The third-order valence-electron chi connectivity index (χ3n) is 2.61. The van der Waals surface area contributed by atoms with Crippen molar-refractivity contribution in [2.24, 2.45) is 10.2 Å². The number of nitrogens with zero attached hydrogens (tertiary/aromatic N) is 4. The molecule has 1 aromatic heterocycles. The standard InChI is InChI=1S/C13H13N5O2/c1-8(19)12(9(2)20)17-16-11-5-3-10(4-6-11)13-14-7-15-18-13/h3-7,12H,1-2H3,(H,14,15,18). The van der Waals surface area contributed by atoms with Gasteiger partial charge in [0.25, 0.3) is 0 Å². The van der Waals surface area contributed by atoms with Crippen LogP contribution in [0.3, 0.4) is 0 Å². The SMILES string of the molecule is CC(=O)C(N=Nc1ccc(-c2ncn[nH]2)cc1)C(C)=O. The van der Waals surface area contributed by atoms with Crippen molar-refractivity contribution in [2.45, 2.75) is 19.9 Å². The van der Waals surface area contributed by atoms with Gasteiger partial charge in [-0.05, 0) is 38.1 Å². The zero-order valence-electron chi connectivity index (χ0n) is 11.1. The van der Waals surface area contributed by atoms with Crippen LogP contribution in [0.5, 0.6) is 0 Å². The van der Waals surface area contributed by atoms with Gasteiger partial charge >= 0.3 is 0 Å². The lowest BCUT2D eigenvalue weighted by atomic mass is 10.1. The number of rotatable bonds is 5. The maximum absolute atomic E-state index is 11.2. The Hall–Kier alpha value is -2.70. The van der Waals surface area contributed by atoms with Gasteiger partial charge in [0, 0.05) is 5.56 Å². The molecule has 0 saturated heterocycles. The van der Waals surface area contributed by atoms with Crippen molar-refractivity contribution in [3.05, 3.63) is 30.6 Å². The van der Waals surface area contributed by atoms with Crippen LogP contribution in [-0.2, 0) is 9.59 Å². The number of aromatic nitrogens is 3. The van der Waals surface area contributed by atoms with Gasteiger partial charge in [0.1, 0.15) is 6.33 Å². The Kier molecular flexibility index (Phi) is 4.09. The van der Waals surface area contributed by atoms with Crippen molar-refractivity contribution >= 4 is 17.3 Å². The predicted molar refractivity (Wildman–Crippen MR) is 71.5 cm³/mol. The van der Waals surface area contributed by atoms with Crippen LogP contribution in [0.25, 0.3) is 11.4 Å². The van der Waals surface area contributed by atoms with Crippen LogP contribution in [-0.4, -0.2) is 32.8 Å². The van der Waals surface area contributed by atoms with E-state index in [1.54, 1.807) is 24.3 Å². The smallest absolute Gasteiger partial charge is 0.187 e. The van der Waals surface area contributed by atoms with E-state index in [2.05, 4.69) is 25.4 Å². The van der Waals surface area contributed by atoms with Crippen LogP contribution in [0.1, 0.15) is 13.8 Å². The third-order valence-corrected chi connectivity index (χ3v) is 2.61. The van der Waals surface area contributed by atoms with Crippen molar-refractivity contribution in [2.75, 3.05) is 0 Å². The van der Waals surface area contributed by atoms with Gasteiger partial charge in [-0.2, -0.15) is 15.3 Å². The Morgan fingerprint density at radius 1 is 1.15 bits per heavy atom. The number of carbonyl (C=O) groups excluding carboxylic acids is 2. The van der Waals surface area contributed by atoms with Gasteiger partial charge in [-0.1, -0.05) is 0 Å². The highest BCUT2D eigenvalue weighted by molar-refractivity contribution is 6.04. The molecule has 0 saturated carbocycles. The van der Waals surface area contributed by atoms with Crippen LogP contribution in [0.4, 0.5) is 5.69 Å². The highest BCUT2D eigenvalue weighted by Crippen LogP contribution is 2.19.